The van der Waals surface area contributed by atoms with Crippen LogP contribution in [0, 0.1) is 0 Å². The second kappa shape index (κ2) is 13.8. The molecule has 0 fully saturated rings. The fraction of sp³-hybridized carbons (Fsp3) is 0.786. The Bertz CT molecular complexity index is 291. The molecule has 0 aromatic carbocycles. The van der Waals surface area contributed by atoms with Crippen molar-refractivity contribution in [1.82, 2.24) is 0 Å². The summed E-state index contributed by atoms with van der Waals surface area (Å²) in [6.45, 7) is 4.72. The Morgan fingerprint density at radius 2 is 1.90 bits per heavy atom. The van der Waals surface area contributed by atoms with Crippen LogP contribution in [0.2, 0.25) is 0 Å². The molecular formula is C14H26O7. The number of carbonyl (C=O) groups excluding carboxylic acids is 1. The van der Waals surface area contributed by atoms with Gasteiger partial charge < -0.3 is 29.2 Å². The van der Waals surface area contributed by atoms with E-state index in [4.69, 9.17) is 24.1 Å². The summed E-state index contributed by atoms with van der Waals surface area (Å²) in [7, 11) is 0. The van der Waals surface area contributed by atoms with E-state index < -0.39 is 12.3 Å². The maximum absolute atomic E-state index is 11.6. The molecule has 1 unspecified atom stereocenters. The Morgan fingerprint density at radius 1 is 1.19 bits per heavy atom. The highest BCUT2D eigenvalue weighted by molar-refractivity contribution is 5.87. The Kier molecular flexibility index (Phi) is 13.1. The molecule has 7 heteroatoms. The number of hydrogen-bond donors (Lipinski definition) is 2. The van der Waals surface area contributed by atoms with Crippen molar-refractivity contribution < 1.29 is 34.0 Å². The van der Waals surface area contributed by atoms with E-state index in [-0.39, 0.29) is 32.0 Å². The highest BCUT2D eigenvalue weighted by Crippen LogP contribution is 2.01. The van der Waals surface area contributed by atoms with Gasteiger partial charge in [0, 0.05) is 0 Å². The van der Waals surface area contributed by atoms with Crippen LogP contribution in [0.3, 0.4) is 0 Å². The fourth-order valence-corrected chi connectivity index (χ4v) is 1.18. The Balaban J connectivity index is 3.72. The van der Waals surface area contributed by atoms with Crippen LogP contribution in [0.25, 0.3) is 0 Å². The number of carbonyl (C=O) groups is 1. The van der Waals surface area contributed by atoms with Gasteiger partial charge in [0.05, 0.1) is 44.9 Å². The third-order valence-corrected chi connectivity index (χ3v) is 2.31. The average molecular weight is 306 g/mol. The first-order valence-electron chi connectivity index (χ1n) is 7.05. The summed E-state index contributed by atoms with van der Waals surface area (Å²) in [4.78, 5) is 11.6. The highest BCUT2D eigenvalue weighted by atomic mass is 16.7. The van der Waals surface area contributed by atoms with Gasteiger partial charge in [-0.05, 0) is 13.3 Å². The molecular weight excluding hydrogens is 280 g/mol. The van der Waals surface area contributed by atoms with Crippen molar-refractivity contribution in [3.63, 3.8) is 0 Å². The zero-order chi connectivity index (χ0) is 15.9. The number of esters is 1. The number of ether oxygens (including phenoxy) is 4. The second-order valence-corrected chi connectivity index (χ2v) is 4.30. The van der Waals surface area contributed by atoms with Crippen LogP contribution in [0.4, 0.5) is 0 Å². The van der Waals surface area contributed by atoms with Crippen LogP contribution in [-0.2, 0) is 23.7 Å². The van der Waals surface area contributed by atoms with E-state index in [9.17, 15) is 9.90 Å². The van der Waals surface area contributed by atoms with E-state index in [0.717, 1.165) is 12.8 Å². The molecule has 0 aromatic rings. The lowest BCUT2D eigenvalue weighted by molar-refractivity contribution is -0.173. The minimum absolute atomic E-state index is 0.0494. The summed E-state index contributed by atoms with van der Waals surface area (Å²) >= 11 is 0. The number of aliphatic hydroxyl groups excluding tert-OH is 2. The van der Waals surface area contributed by atoms with Crippen molar-refractivity contribution in [2.75, 3.05) is 39.6 Å². The van der Waals surface area contributed by atoms with Gasteiger partial charge >= 0.3 is 5.97 Å². The van der Waals surface area contributed by atoms with Crippen LogP contribution in [-0.4, -0.2) is 62.1 Å². The van der Waals surface area contributed by atoms with Crippen LogP contribution < -0.4 is 0 Å². The predicted octanol–water partition coefficient (Wildman–Crippen LogP) is 0.594. The van der Waals surface area contributed by atoms with Crippen molar-refractivity contribution >= 4 is 5.97 Å². The van der Waals surface area contributed by atoms with E-state index in [0.29, 0.717) is 13.2 Å². The molecule has 21 heavy (non-hydrogen) atoms. The van der Waals surface area contributed by atoms with E-state index in [1.165, 1.54) is 6.26 Å². The van der Waals surface area contributed by atoms with Crippen molar-refractivity contribution in [3.8, 4) is 0 Å². The molecule has 0 bridgehead atoms. The zero-order valence-corrected chi connectivity index (χ0v) is 12.7. The lowest BCUT2D eigenvalue weighted by Crippen LogP contribution is -2.24. The third-order valence-electron chi connectivity index (χ3n) is 2.31. The van der Waals surface area contributed by atoms with Gasteiger partial charge in [-0.25, -0.2) is 4.79 Å². The SMILES string of the molecule is CCCCO/C=C(\C)C(=O)OC(O)COCCOCCO. The zero-order valence-electron chi connectivity index (χ0n) is 12.7. The Morgan fingerprint density at radius 3 is 2.57 bits per heavy atom. The van der Waals surface area contributed by atoms with E-state index in [2.05, 4.69) is 0 Å². The molecule has 2 N–H and O–H groups in total. The monoisotopic (exact) mass is 306 g/mol. The molecule has 0 radical (unpaired) electrons. The number of rotatable bonds is 13. The minimum atomic E-state index is -1.34. The van der Waals surface area contributed by atoms with Gasteiger partial charge in [-0.1, -0.05) is 13.3 Å². The second-order valence-electron chi connectivity index (χ2n) is 4.30. The van der Waals surface area contributed by atoms with Crippen LogP contribution in [0.15, 0.2) is 11.8 Å². The summed E-state index contributed by atoms with van der Waals surface area (Å²) < 4.78 is 19.9. The third kappa shape index (κ3) is 12.3. The predicted molar refractivity (Wildman–Crippen MR) is 75.4 cm³/mol. The number of hydrogen-bond acceptors (Lipinski definition) is 7. The maximum atomic E-state index is 11.6. The quantitative estimate of drug-likeness (QED) is 0.169. The maximum Gasteiger partial charge on any atom is 0.339 e. The van der Waals surface area contributed by atoms with Gasteiger partial charge in [0.25, 0.3) is 0 Å². The summed E-state index contributed by atoms with van der Waals surface area (Å²) in [6.07, 6.45) is 1.91. The van der Waals surface area contributed by atoms with Crippen LogP contribution in [0.5, 0.6) is 0 Å². The molecule has 0 amide bonds. The molecule has 7 nitrogen and oxygen atoms in total. The molecule has 0 spiro atoms. The summed E-state index contributed by atoms with van der Waals surface area (Å²) in [5.41, 5.74) is 0.274. The molecule has 0 aliphatic carbocycles. The molecule has 124 valence electrons. The topological polar surface area (TPSA) is 94.5 Å². The van der Waals surface area contributed by atoms with Crippen molar-refractivity contribution in [3.05, 3.63) is 11.8 Å². The molecule has 1 atom stereocenters. The Hall–Kier alpha value is -1.15. The first-order valence-corrected chi connectivity index (χ1v) is 7.05. The average Bonchev–Trinajstić information content (AvgIpc) is 2.47. The van der Waals surface area contributed by atoms with Gasteiger partial charge in [0.2, 0.25) is 6.29 Å². The van der Waals surface area contributed by atoms with E-state index in [1.54, 1.807) is 6.92 Å². The van der Waals surface area contributed by atoms with Crippen LogP contribution >= 0.6 is 0 Å². The molecule has 0 aliphatic heterocycles. The summed E-state index contributed by atoms with van der Waals surface area (Å²) in [6, 6.07) is 0. The van der Waals surface area contributed by atoms with Gasteiger partial charge in [0.1, 0.15) is 6.61 Å². The summed E-state index contributed by atoms with van der Waals surface area (Å²) in [5.74, 6) is -0.654. The molecule has 0 rings (SSSR count). The molecule has 0 saturated heterocycles. The molecule has 0 aliphatic rings. The van der Waals surface area contributed by atoms with Crippen molar-refractivity contribution in [2.45, 2.75) is 33.0 Å². The van der Waals surface area contributed by atoms with E-state index >= 15 is 0 Å². The van der Waals surface area contributed by atoms with E-state index in [1.807, 2.05) is 6.92 Å². The fourth-order valence-electron chi connectivity index (χ4n) is 1.18. The van der Waals surface area contributed by atoms with Gasteiger partial charge in [-0.15, -0.1) is 0 Å². The highest BCUT2D eigenvalue weighted by Gasteiger charge is 2.13. The Labute approximate surface area is 125 Å². The van der Waals surface area contributed by atoms with Gasteiger partial charge in [-0.3, -0.25) is 0 Å². The minimum Gasteiger partial charge on any atom is -0.501 e. The van der Waals surface area contributed by atoms with Crippen molar-refractivity contribution in [1.29, 1.82) is 0 Å². The number of unbranched alkanes of at least 4 members (excludes halogenated alkanes) is 1. The first kappa shape index (κ1) is 19.9. The lowest BCUT2D eigenvalue weighted by atomic mass is 10.3. The molecule has 0 aromatic heterocycles. The lowest BCUT2D eigenvalue weighted by Gasteiger charge is -2.12. The standard InChI is InChI=1S/C14H26O7/c1-3-4-6-19-10-12(2)14(17)21-13(16)11-20-9-8-18-7-5-15/h10,13,15-16H,3-9,11H2,1-2H3/b12-10+. The summed E-state index contributed by atoms with van der Waals surface area (Å²) in [5, 5.41) is 17.9. The largest absolute Gasteiger partial charge is 0.501 e. The number of aliphatic hydroxyl groups is 2. The molecule has 0 saturated carbocycles. The molecule has 0 heterocycles. The van der Waals surface area contributed by atoms with Gasteiger partial charge in [-0.2, -0.15) is 0 Å². The normalized spacial score (nSPS) is 13.0. The van der Waals surface area contributed by atoms with Crippen LogP contribution in [0.1, 0.15) is 26.7 Å². The smallest absolute Gasteiger partial charge is 0.339 e. The van der Waals surface area contributed by atoms with Gasteiger partial charge in [0.15, 0.2) is 0 Å². The van der Waals surface area contributed by atoms with Crippen molar-refractivity contribution in [2.24, 2.45) is 0 Å². The first-order chi connectivity index (χ1) is 10.1.